The zero-order valence-corrected chi connectivity index (χ0v) is 13.2. The maximum Gasteiger partial charge on any atom is 0.310 e. The van der Waals surface area contributed by atoms with Gasteiger partial charge >= 0.3 is 5.97 Å². The predicted octanol–water partition coefficient (Wildman–Crippen LogP) is 4.39. The molecule has 0 amide bonds. The fraction of sp³-hybridized carbons (Fsp3) is 0.474. The number of esters is 1. The molecule has 1 aromatic heterocycles. The number of aromatic nitrogens is 1. The molecule has 0 N–H and O–H groups in total. The van der Waals surface area contributed by atoms with Crippen LogP contribution in [0.4, 0.5) is 0 Å². The first-order chi connectivity index (χ1) is 10.8. The zero-order valence-electron chi connectivity index (χ0n) is 13.2. The third-order valence-corrected chi connectivity index (χ3v) is 4.49. The molecule has 1 fully saturated rings. The number of ether oxygens (including phenoxy) is 1. The number of hydrogen-bond donors (Lipinski definition) is 0. The number of nitrogens with zero attached hydrogens (tertiary/aromatic N) is 1. The Balaban J connectivity index is 1.98. The quantitative estimate of drug-likeness (QED) is 0.786. The van der Waals surface area contributed by atoms with Gasteiger partial charge in [0, 0.05) is 17.0 Å². The molecule has 0 radical (unpaired) electrons. The maximum absolute atomic E-state index is 11.9. The van der Waals surface area contributed by atoms with Crippen molar-refractivity contribution in [2.45, 2.75) is 51.4 Å². The second-order valence-electron chi connectivity index (χ2n) is 6.04. The predicted molar refractivity (Wildman–Crippen MR) is 87.9 cm³/mol. The van der Waals surface area contributed by atoms with Crippen LogP contribution in [0.15, 0.2) is 30.3 Å². The second kappa shape index (κ2) is 6.91. The summed E-state index contributed by atoms with van der Waals surface area (Å²) in [6.07, 6.45) is 6.66. The molecule has 0 atom stereocenters. The van der Waals surface area contributed by atoms with E-state index in [2.05, 4.69) is 6.07 Å². The number of carbonyl (C=O) groups is 1. The SMILES string of the molecule is CCOC(=O)Cc1cc(C2CCCCC2)nc2ccccc12. The zero-order chi connectivity index (χ0) is 15.4. The number of carbonyl (C=O) groups excluding carboxylic acids is 1. The van der Waals surface area contributed by atoms with Crippen LogP contribution in [0, 0.1) is 0 Å². The third kappa shape index (κ3) is 3.29. The van der Waals surface area contributed by atoms with Crippen molar-refractivity contribution in [2.75, 3.05) is 6.61 Å². The Morgan fingerprint density at radius 1 is 1.23 bits per heavy atom. The van der Waals surface area contributed by atoms with Gasteiger partial charge in [-0.2, -0.15) is 0 Å². The summed E-state index contributed by atoms with van der Waals surface area (Å²) >= 11 is 0. The summed E-state index contributed by atoms with van der Waals surface area (Å²) < 4.78 is 5.12. The lowest BCUT2D eigenvalue weighted by atomic mass is 9.85. The summed E-state index contributed by atoms with van der Waals surface area (Å²) in [6, 6.07) is 10.2. The lowest BCUT2D eigenvalue weighted by Crippen LogP contribution is -2.11. The summed E-state index contributed by atoms with van der Waals surface area (Å²) in [4.78, 5) is 16.8. The van der Waals surface area contributed by atoms with E-state index >= 15 is 0 Å². The van der Waals surface area contributed by atoms with Crippen molar-refractivity contribution in [1.29, 1.82) is 0 Å². The summed E-state index contributed by atoms with van der Waals surface area (Å²) in [6.45, 7) is 2.27. The summed E-state index contributed by atoms with van der Waals surface area (Å²) in [7, 11) is 0. The first kappa shape index (κ1) is 15.0. The van der Waals surface area contributed by atoms with Gasteiger partial charge in [-0.25, -0.2) is 0 Å². The van der Waals surface area contributed by atoms with Crippen molar-refractivity contribution in [3.63, 3.8) is 0 Å². The molecule has 1 saturated carbocycles. The van der Waals surface area contributed by atoms with Crippen LogP contribution >= 0.6 is 0 Å². The third-order valence-electron chi connectivity index (χ3n) is 4.49. The fourth-order valence-electron chi connectivity index (χ4n) is 3.39. The van der Waals surface area contributed by atoms with Gasteiger partial charge < -0.3 is 4.74 Å². The highest BCUT2D eigenvalue weighted by molar-refractivity contribution is 5.86. The molecule has 3 rings (SSSR count). The normalized spacial score (nSPS) is 15.9. The van der Waals surface area contributed by atoms with Crippen LogP contribution in [0.25, 0.3) is 10.9 Å². The molecule has 1 heterocycles. The molecule has 1 aliphatic carbocycles. The van der Waals surface area contributed by atoms with Crippen molar-refractivity contribution in [2.24, 2.45) is 0 Å². The molecular weight excluding hydrogens is 274 g/mol. The van der Waals surface area contributed by atoms with E-state index in [9.17, 15) is 4.79 Å². The molecule has 0 unspecified atom stereocenters. The van der Waals surface area contributed by atoms with E-state index in [-0.39, 0.29) is 5.97 Å². The molecule has 116 valence electrons. The van der Waals surface area contributed by atoms with E-state index in [1.165, 1.54) is 32.1 Å². The molecule has 1 aromatic carbocycles. The molecule has 3 nitrogen and oxygen atoms in total. The smallest absolute Gasteiger partial charge is 0.310 e. The van der Waals surface area contributed by atoms with Gasteiger partial charge in [-0.1, -0.05) is 37.5 Å². The molecule has 0 aliphatic heterocycles. The molecule has 0 saturated heterocycles. The number of hydrogen-bond acceptors (Lipinski definition) is 3. The Morgan fingerprint density at radius 2 is 2.00 bits per heavy atom. The van der Waals surface area contributed by atoms with Crippen LogP contribution in [0.5, 0.6) is 0 Å². The largest absolute Gasteiger partial charge is 0.466 e. The van der Waals surface area contributed by atoms with Gasteiger partial charge in [-0.3, -0.25) is 9.78 Å². The molecule has 2 aromatic rings. The van der Waals surface area contributed by atoms with Gasteiger partial charge in [0.25, 0.3) is 0 Å². The number of fused-ring (bicyclic) bond motifs is 1. The molecular formula is C19H23NO2. The molecule has 0 spiro atoms. The first-order valence-electron chi connectivity index (χ1n) is 8.32. The van der Waals surface area contributed by atoms with Crippen LogP contribution in [-0.4, -0.2) is 17.6 Å². The topological polar surface area (TPSA) is 39.2 Å². The minimum Gasteiger partial charge on any atom is -0.466 e. The molecule has 1 aliphatic rings. The van der Waals surface area contributed by atoms with Gasteiger partial charge in [0.2, 0.25) is 0 Å². The fourth-order valence-corrected chi connectivity index (χ4v) is 3.39. The summed E-state index contributed by atoms with van der Waals surface area (Å²) in [5.74, 6) is 0.382. The van der Waals surface area contributed by atoms with Crippen molar-refractivity contribution >= 4 is 16.9 Å². The van der Waals surface area contributed by atoms with Crippen molar-refractivity contribution in [3.05, 3.63) is 41.6 Å². The number of para-hydroxylation sites is 1. The van der Waals surface area contributed by atoms with Crippen LogP contribution in [0.3, 0.4) is 0 Å². The van der Waals surface area contributed by atoms with Crippen LogP contribution in [0.1, 0.15) is 56.2 Å². The molecule has 3 heteroatoms. The Labute approximate surface area is 131 Å². The van der Waals surface area contributed by atoms with Gasteiger partial charge in [0.05, 0.1) is 18.5 Å². The van der Waals surface area contributed by atoms with Gasteiger partial charge in [-0.15, -0.1) is 0 Å². The highest BCUT2D eigenvalue weighted by atomic mass is 16.5. The number of rotatable bonds is 4. The van der Waals surface area contributed by atoms with Gasteiger partial charge in [0.15, 0.2) is 0 Å². The van der Waals surface area contributed by atoms with Crippen LogP contribution in [0.2, 0.25) is 0 Å². The monoisotopic (exact) mass is 297 g/mol. The van der Waals surface area contributed by atoms with Crippen molar-refractivity contribution < 1.29 is 9.53 Å². The minimum atomic E-state index is -0.159. The average Bonchev–Trinajstić information content (AvgIpc) is 2.56. The average molecular weight is 297 g/mol. The van der Waals surface area contributed by atoms with E-state index in [4.69, 9.17) is 9.72 Å². The number of pyridine rings is 1. The number of benzene rings is 1. The summed E-state index contributed by atoms with van der Waals surface area (Å²) in [5.41, 5.74) is 3.19. The first-order valence-corrected chi connectivity index (χ1v) is 8.32. The lowest BCUT2D eigenvalue weighted by molar-refractivity contribution is -0.142. The lowest BCUT2D eigenvalue weighted by Gasteiger charge is -2.22. The summed E-state index contributed by atoms with van der Waals surface area (Å²) in [5, 5.41) is 1.06. The Kier molecular flexibility index (Phi) is 4.71. The van der Waals surface area contributed by atoms with E-state index in [0.29, 0.717) is 18.9 Å². The van der Waals surface area contributed by atoms with E-state index < -0.39 is 0 Å². The molecule has 0 bridgehead atoms. The van der Waals surface area contributed by atoms with Crippen molar-refractivity contribution in [1.82, 2.24) is 4.98 Å². The maximum atomic E-state index is 11.9. The van der Waals surface area contributed by atoms with Gasteiger partial charge in [-0.05, 0) is 37.5 Å². The van der Waals surface area contributed by atoms with Gasteiger partial charge in [0.1, 0.15) is 0 Å². The highest BCUT2D eigenvalue weighted by Crippen LogP contribution is 2.33. The minimum absolute atomic E-state index is 0.159. The highest BCUT2D eigenvalue weighted by Gasteiger charge is 2.19. The van der Waals surface area contributed by atoms with E-state index in [1.54, 1.807) is 0 Å². The molecule has 22 heavy (non-hydrogen) atoms. The van der Waals surface area contributed by atoms with Crippen LogP contribution in [-0.2, 0) is 16.0 Å². The van der Waals surface area contributed by atoms with Crippen LogP contribution < -0.4 is 0 Å². The Bertz CT molecular complexity index is 660. The van der Waals surface area contributed by atoms with E-state index in [0.717, 1.165) is 22.2 Å². The Hall–Kier alpha value is -1.90. The second-order valence-corrected chi connectivity index (χ2v) is 6.04. The Morgan fingerprint density at radius 3 is 2.77 bits per heavy atom. The van der Waals surface area contributed by atoms with E-state index in [1.807, 2.05) is 31.2 Å². The van der Waals surface area contributed by atoms with Crippen molar-refractivity contribution in [3.8, 4) is 0 Å². The standard InChI is InChI=1S/C19H23NO2/c1-2-22-19(21)13-15-12-18(14-8-4-3-5-9-14)20-17-11-7-6-10-16(15)17/h6-7,10-12,14H,2-5,8-9,13H2,1H3.